The SMILES string of the molecule is O=[N+]([O-])c1ccccc1OCc1cccnc1. The zero-order valence-corrected chi connectivity index (χ0v) is 8.95. The zero-order chi connectivity index (χ0) is 12.1. The van der Waals surface area contributed by atoms with Crippen LogP contribution >= 0.6 is 0 Å². The molecule has 0 atom stereocenters. The Hall–Kier alpha value is -2.43. The third-order valence-corrected chi connectivity index (χ3v) is 2.18. The van der Waals surface area contributed by atoms with E-state index in [9.17, 15) is 10.1 Å². The summed E-state index contributed by atoms with van der Waals surface area (Å²) in [4.78, 5) is 14.2. The lowest BCUT2D eigenvalue weighted by atomic mass is 10.3. The third kappa shape index (κ3) is 2.78. The number of nitro groups is 1. The van der Waals surface area contributed by atoms with E-state index in [1.54, 1.807) is 36.7 Å². The molecule has 0 N–H and O–H groups in total. The molecule has 0 saturated carbocycles. The van der Waals surface area contributed by atoms with Gasteiger partial charge in [-0.3, -0.25) is 15.1 Å². The maximum absolute atomic E-state index is 10.7. The summed E-state index contributed by atoms with van der Waals surface area (Å²) in [6.07, 6.45) is 3.32. The highest BCUT2D eigenvalue weighted by Crippen LogP contribution is 2.26. The van der Waals surface area contributed by atoms with Crippen LogP contribution in [0.2, 0.25) is 0 Å². The number of hydrogen-bond donors (Lipinski definition) is 0. The smallest absolute Gasteiger partial charge is 0.310 e. The van der Waals surface area contributed by atoms with E-state index >= 15 is 0 Å². The van der Waals surface area contributed by atoms with E-state index in [0.29, 0.717) is 0 Å². The van der Waals surface area contributed by atoms with Crippen LogP contribution < -0.4 is 4.74 Å². The minimum atomic E-state index is -0.460. The monoisotopic (exact) mass is 230 g/mol. The summed E-state index contributed by atoms with van der Waals surface area (Å²) in [6.45, 7) is 0.263. The average molecular weight is 230 g/mol. The fourth-order valence-electron chi connectivity index (χ4n) is 1.37. The molecule has 0 aliphatic rings. The molecule has 5 heteroatoms. The van der Waals surface area contributed by atoms with Gasteiger partial charge in [-0.25, -0.2) is 0 Å². The van der Waals surface area contributed by atoms with Crippen LogP contribution in [-0.4, -0.2) is 9.91 Å². The molecular weight excluding hydrogens is 220 g/mol. The Morgan fingerprint density at radius 1 is 1.24 bits per heavy atom. The van der Waals surface area contributed by atoms with E-state index in [4.69, 9.17) is 4.74 Å². The van der Waals surface area contributed by atoms with Crippen molar-refractivity contribution < 1.29 is 9.66 Å². The van der Waals surface area contributed by atoms with Gasteiger partial charge in [-0.05, 0) is 12.1 Å². The Labute approximate surface area is 97.8 Å². The zero-order valence-electron chi connectivity index (χ0n) is 8.95. The first kappa shape index (κ1) is 11.1. The molecule has 0 aliphatic carbocycles. The highest BCUT2D eigenvalue weighted by Gasteiger charge is 2.13. The lowest BCUT2D eigenvalue weighted by molar-refractivity contribution is -0.385. The predicted molar refractivity (Wildman–Crippen MR) is 61.7 cm³/mol. The number of pyridine rings is 1. The molecule has 1 heterocycles. The number of aromatic nitrogens is 1. The van der Waals surface area contributed by atoms with Gasteiger partial charge in [0, 0.05) is 24.0 Å². The first-order chi connectivity index (χ1) is 8.27. The van der Waals surface area contributed by atoms with Gasteiger partial charge < -0.3 is 4.74 Å². The van der Waals surface area contributed by atoms with Crippen molar-refractivity contribution in [2.45, 2.75) is 6.61 Å². The standard InChI is InChI=1S/C12H10N2O3/c15-14(16)11-5-1-2-6-12(11)17-9-10-4-3-7-13-8-10/h1-8H,9H2. The molecule has 17 heavy (non-hydrogen) atoms. The molecule has 1 aromatic carbocycles. The lowest BCUT2D eigenvalue weighted by Crippen LogP contribution is -1.99. The Morgan fingerprint density at radius 3 is 2.76 bits per heavy atom. The Kier molecular flexibility index (Phi) is 3.30. The highest BCUT2D eigenvalue weighted by atomic mass is 16.6. The Morgan fingerprint density at radius 2 is 2.06 bits per heavy atom. The van der Waals surface area contributed by atoms with Crippen LogP contribution in [0.3, 0.4) is 0 Å². The third-order valence-electron chi connectivity index (χ3n) is 2.18. The van der Waals surface area contributed by atoms with E-state index in [2.05, 4.69) is 4.98 Å². The normalized spacial score (nSPS) is 9.88. The van der Waals surface area contributed by atoms with Crippen molar-refractivity contribution in [2.24, 2.45) is 0 Å². The van der Waals surface area contributed by atoms with E-state index < -0.39 is 4.92 Å². The van der Waals surface area contributed by atoms with Crippen LogP contribution in [0.1, 0.15) is 5.56 Å². The van der Waals surface area contributed by atoms with Gasteiger partial charge >= 0.3 is 5.69 Å². The molecule has 0 saturated heterocycles. The molecule has 2 rings (SSSR count). The van der Waals surface area contributed by atoms with Crippen LogP contribution in [0.15, 0.2) is 48.8 Å². The first-order valence-electron chi connectivity index (χ1n) is 5.02. The second kappa shape index (κ2) is 5.07. The summed E-state index contributed by atoms with van der Waals surface area (Å²) in [5.74, 6) is 0.265. The molecule has 86 valence electrons. The summed E-state index contributed by atoms with van der Waals surface area (Å²) in [7, 11) is 0. The number of rotatable bonds is 4. The predicted octanol–water partition coefficient (Wildman–Crippen LogP) is 2.57. The molecule has 0 spiro atoms. The van der Waals surface area contributed by atoms with Crippen molar-refractivity contribution >= 4 is 5.69 Å². The van der Waals surface area contributed by atoms with E-state index in [1.807, 2.05) is 6.07 Å². The van der Waals surface area contributed by atoms with Crippen molar-refractivity contribution in [3.05, 3.63) is 64.5 Å². The van der Waals surface area contributed by atoms with Gasteiger partial charge in [0.2, 0.25) is 0 Å². The van der Waals surface area contributed by atoms with Gasteiger partial charge in [0.05, 0.1) is 4.92 Å². The van der Waals surface area contributed by atoms with Crippen molar-refractivity contribution in [1.29, 1.82) is 0 Å². The molecule has 2 aromatic rings. The number of hydrogen-bond acceptors (Lipinski definition) is 4. The van der Waals surface area contributed by atoms with E-state index in [-0.39, 0.29) is 18.0 Å². The minimum absolute atomic E-state index is 0.0311. The molecule has 5 nitrogen and oxygen atoms in total. The Balaban J connectivity index is 2.12. The van der Waals surface area contributed by atoms with Crippen LogP contribution in [0.25, 0.3) is 0 Å². The maximum Gasteiger partial charge on any atom is 0.310 e. The van der Waals surface area contributed by atoms with Gasteiger partial charge in [0.25, 0.3) is 0 Å². The topological polar surface area (TPSA) is 65.3 Å². The molecule has 0 amide bonds. The number of benzene rings is 1. The molecular formula is C12H10N2O3. The summed E-state index contributed by atoms with van der Waals surface area (Å²) >= 11 is 0. The van der Waals surface area contributed by atoms with Crippen LogP contribution in [0.5, 0.6) is 5.75 Å². The van der Waals surface area contributed by atoms with Crippen LogP contribution in [0.4, 0.5) is 5.69 Å². The minimum Gasteiger partial charge on any atom is -0.482 e. The Bertz CT molecular complexity index is 514. The molecule has 0 fully saturated rings. The van der Waals surface area contributed by atoms with Crippen LogP contribution in [-0.2, 0) is 6.61 Å². The highest BCUT2D eigenvalue weighted by molar-refractivity contribution is 5.45. The fourth-order valence-corrected chi connectivity index (χ4v) is 1.37. The molecule has 0 bridgehead atoms. The number of ether oxygens (including phenoxy) is 1. The fraction of sp³-hybridized carbons (Fsp3) is 0.0833. The average Bonchev–Trinajstić information content (AvgIpc) is 2.38. The van der Waals surface area contributed by atoms with Crippen molar-refractivity contribution in [1.82, 2.24) is 4.98 Å². The van der Waals surface area contributed by atoms with Crippen molar-refractivity contribution in [3.63, 3.8) is 0 Å². The molecule has 0 unspecified atom stereocenters. The second-order valence-corrected chi connectivity index (χ2v) is 3.37. The molecule has 0 radical (unpaired) electrons. The largest absolute Gasteiger partial charge is 0.482 e. The van der Waals surface area contributed by atoms with Crippen LogP contribution in [0, 0.1) is 10.1 Å². The number of nitro benzene ring substituents is 1. The van der Waals surface area contributed by atoms with Gasteiger partial charge in [0.1, 0.15) is 6.61 Å². The van der Waals surface area contributed by atoms with E-state index in [1.165, 1.54) is 6.07 Å². The summed E-state index contributed by atoms with van der Waals surface area (Å²) in [6, 6.07) is 9.94. The lowest BCUT2D eigenvalue weighted by Gasteiger charge is -2.05. The summed E-state index contributed by atoms with van der Waals surface area (Å²) in [5.41, 5.74) is 0.835. The van der Waals surface area contributed by atoms with Gasteiger partial charge in [-0.1, -0.05) is 18.2 Å². The van der Waals surface area contributed by atoms with Gasteiger partial charge in [0.15, 0.2) is 5.75 Å². The van der Waals surface area contributed by atoms with Crippen molar-refractivity contribution in [3.8, 4) is 5.75 Å². The quantitative estimate of drug-likeness (QED) is 0.598. The first-order valence-corrected chi connectivity index (χ1v) is 5.02. The molecule has 1 aromatic heterocycles. The maximum atomic E-state index is 10.7. The van der Waals surface area contributed by atoms with Gasteiger partial charge in [-0.15, -0.1) is 0 Å². The van der Waals surface area contributed by atoms with Crippen molar-refractivity contribution in [2.75, 3.05) is 0 Å². The number of nitrogens with zero attached hydrogens (tertiary/aromatic N) is 2. The summed E-state index contributed by atoms with van der Waals surface area (Å²) < 4.78 is 5.40. The summed E-state index contributed by atoms with van der Waals surface area (Å²) in [5, 5.41) is 10.7. The molecule has 0 aliphatic heterocycles. The second-order valence-electron chi connectivity index (χ2n) is 3.37. The van der Waals surface area contributed by atoms with E-state index in [0.717, 1.165) is 5.56 Å². The number of para-hydroxylation sites is 2. The van der Waals surface area contributed by atoms with Gasteiger partial charge in [-0.2, -0.15) is 0 Å².